The maximum atomic E-state index is 4.58. The molecule has 1 aliphatic rings. The molecule has 0 radical (unpaired) electrons. The maximum Gasteiger partial charge on any atom is 0.0960 e. The monoisotopic (exact) mass is 265 g/mol. The van der Waals surface area contributed by atoms with Crippen molar-refractivity contribution in [3.05, 3.63) is 42.6 Å². The standard InChI is InChI=1S/C17H19N3/c1-4-11-19(12-5-1)13-20-15-8-3-2-7-14(15)17-16(20)9-6-10-18-17/h2-3,6-10H,1,4-5,11-13H2. The highest BCUT2D eigenvalue weighted by Gasteiger charge is 2.15. The predicted octanol–water partition coefficient (Wildman–Crippen LogP) is 3.63. The number of hydrogen-bond donors (Lipinski definition) is 0. The fourth-order valence-electron chi connectivity index (χ4n) is 3.31. The van der Waals surface area contributed by atoms with E-state index < -0.39 is 0 Å². The number of para-hydroxylation sites is 1. The van der Waals surface area contributed by atoms with Crippen molar-refractivity contribution in [1.29, 1.82) is 0 Å². The van der Waals surface area contributed by atoms with E-state index in [9.17, 15) is 0 Å². The second-order valence-corrected chi connectivity index (χ2v) is 5.64. The van der Waals surface area contributed by atoms with Crippen LogP contribution in [0.15, 0.2) is 42.6 Å². The Morgan fingerprint density at radius 2 is 1.70 bits per heavy atom. The molecule has 0 aliphatic carbocycles. The van der Waals surface area contributed by atoms with Gasteiger partial charge < -0.3 is 4.57 Å². The van der Waals surface area contributed by atoms with Gasteiger partial charge in [-0.3, -0.25) is 9.88 Å². The fourth-order valence-corrected chi connectivity index (χ4v) is 3.31. The molecule has 20 heavy (non-hydrogen) atoms. The van der Waals surface area contributed by atoms with Gasteiger partial charge in [0.1, 0.15) is 0 Å². The average molecular weight is 265 g/mol. The minimum absolute atomic E-state index is 0.982. The molecule has 1 aromatic carbocycles. The van der Waals surface area contributed by atoms with Crippen LogP contribution in [0.2, 0.25) is 0 Å². The summed E-state index contributed by atoms with van der Waals surface area (Å²) < 4.78 is 2.42. The number of nitrogens with zero attached hydrogens (tertiary/aromatic N) is 3. The summed E-state index contributed by atoms with van der Waals surface area (Å²) in [5, 5.41) is 1.26. The quantitative estimate of drug-likeness (QED) is 0.705. The molecule has 0 bridgehead atoms. The van der Waals surface area contributed by atoms with E-state index >= 15 is 0 Å². The van der Waals surface area contributed by atoms with Crippen LogP contribution < -0.4 is 0 Å². The number of rotatable bonds is 2. The third-order valence-corrected chi connectivity index (χ3v) is 4.32. The van der Waals surface area contributed by atoms with Gasteiger partial charge in [-0.25, -0.2) is 0 Å². The van der Waals surface area contributed by atoms with E-state index in [1.54, 1.807) is 0 Å². The first-order valence-electron chi connectivity index (χ1n) is 7.48. The van der Waals surface area contributed by atoms with Crippen LogP contribution in [-0.2, 0) is 6.67 Å². The molecule has 0 spiro atoms. The molecule has 2 aromatic heterocycles. The van der Waals surface area contributed by atoms with Crippen LogP contribution in [0.3, 0.4) is 0 Å². The summed E-state index contributed by atoms with van der Waals surface area (Å²) in [6, 6.07) is 12.8. The SMILES string of the molecule is c1ccc2c(c1)c1ncccc1n2CN1CCCCC1. The Balaban J connectivity index is 1.86. The number of likely N-dealkylation sites (tertiary alicyclic amines) is 1. The van der Waals surface area contributed by atoms with Crippen molar-refractivity contribution in [2.75, 3.05) is 13.1 Å². The van der Waals surface area contributed by atoms with Crippen molar-refractivity contribution in [1.82, 2.24) is 14.5 Å². The van der Waals surface area contributed by atoms with Crippen molar-refractivity contribution >= 4 is 21.9 Å². The first kappa shape index (κ1) is 11.9. The second kappa shape index (κ2) is 4.91. The lowest BCUT2D eigenvalue weighted by Gasteiger charge is -2.27. The van der Waals surface area contributed by atoms with E-state index in [1.165, 1.54) is 48.8 Å². The molecule has 1 fully saturated rings. The molecule has 3 aromatic rings. The lowest BCUT2D eigenvalue weighted by atomic mass is 10.1. The van der Waals surface area contributed by atoms with Crippen LogP contribution in [0.5, 0.6) is 0 Å². The normalized spacial score (nSPS) is 17.0. The van der Waals surface area contributed by atoms with Crippen molar-refractivity contribution in [2.24, 2.45) is 0 Å². The molecule has 102 valence electrons. The molecule has 0 atom stereocenters. The topological polar surface area (TPSA) is 21.1 Å². The number of piperidine rings is 1. The molecule has 3 heterocycles. The van der Waals surface area contributed by atoms with Gasteiger partial charge >= 0.3 is 0 Å². The lowest BCUT2D eigenvalue weighted by molar-refractivity contribution is 0.187. The smallest absolute Gasteiger partial charge is 0.0960 e. The average Bonchev–Trinajstić information content (AvgIpc) is 2.84. The lowest BCUT2D eigenvalue weighted by Crippen LogP contribution is -2.31. The zero-order valence-electron chi connectivity index (χ0n) is 11.6. The van der Waals surface area contributed by atoms with Gasteiger partial charge in [-0.1, -0.05) is 24.6 Å². The Kier molecular flexibility index (Phi) is 2.92. The Hall–Kier alpha value is -1.87. The number of hydrogen-bond acceptors (Lipinski definition) is 2. The van der Waals surface area contributed by atoms with Crippen LogP contribution in [-0.4, -0.2) is 27.5 Å². The molecule has 0 saturated carbocycles. The zero-order valence-corrected chi connectivity index (χ0v) is 11.6. The van der Waals surface area contributed by atoms with Gasteiger partial charge in [-0.05, 0) is 44.1 Å². The van der Waals surface area contributed by atoms with Gasteiger partial charge in [0.15, 0.2) is 0 Å². The summed E-state index contributed by atoms with van der Waals surface area (Å²) in [7, 11) is 0. The van der Waals surface area contributed by atoms with E-state index in [2.05, 4.69) is 44.8 Å². The Labute approximate surface area is 118 Å². The molecule has 1 aliphatic heterocycles. The third kappa shape index (κ3) is 1.90. The van der Waals surface area contributed by atoms with Gasteiger partial charge in [0, 0.05) is 11.6 Å². The van der Waals surface area contributed by atoms with Crippen molar-refractivity contribution in [3.63, 3.8) is 0 Å². The van der Waals surface area contributed by atoms with Gasteiger partial charge in [0.25, 0.3) is 0 Å². The predicted molar refractivity (Wildman–Crippen MR) is 82.7 cm³/mol. The maximum absolute atomic E-state index is 4.58. The fraction of sp³-hybridized carbons (Fsp3) is 0.353. The van der Waals surface area contributed by atoms with Crippen LogP contribution in [0.4, 0.5) is 0 Å². The number of fused-ring (bicyclic) bond motifs is 3. The molecule has 3 nitrogen and oxygen atoms in total. The second-order valence-electron chi connectivity index (χ2n) is 5.64. The molecule has 0 unspecified atom stereocenters. The summed E-state index contributed by atoms with van der Waals surface area (Å²) in [5.41, 5.74) is 3.67. The van der Waals surface area contributed by atoms with Crippen LogP contribution in [0, 0.1) is 0 Å². The molecule has 1 saturated heterocycles. The van der Waals surface area contributed by atoms with Gasteiger partial charge in [0.2, 0.25) is 0 Å². The molecule has 4 rings (SSSR count). The van der Waals surface area contributed by atoms with Crippen LogP contribution in [0.25, 0.3) is 21.9 Å². The summed E-state index contributed by atoms with van der Waals surface area (Å²) in [4.78, 5) is 7.14. The molecular formula is C17H19N3. The van der Waals surface area contributed by atoms with Crippen molar-refractivity contribution in [2.45, 2.75) is 25.9 Å². The van der Waals surface area contributed by atoms with Crippen molar-refractivity contribution < 1.29 is 0 Å². The van der Waals surface area contributed by atoms with E-state index in [0.29, 0.717) is 0 Å². The minimum Gasteiger partial charge on any atom is -0.325 e. The van der Waals surface area contributed by atoms with Gasteiger partial charge in [-0.15, -0.1) is 0 Å². The van der Waals surface area contributed by atoms with Crippen LogP contribution >= 0.6 is 0 Å². The number of aromatic nitrogens is 2. The van der Waals surface area contributed by atoms with E-state index in [1.807, 2.05) is 12.3 Å². The molecule has 0 amide bonds. The molecule has 3 heteroatoms. The molecular weight excluding hydrogens is 246 g/mol. The summed E-state index contributed by atoms with van der Waals surface area (Å²) >= 11 is 0. The van der Waals surface area contributed by atoms with Crippen molar-refractivity contribution in [3.8, 4) is 0 Å². The Morgan fingerprint density at radius 3 is 2.60 bits per heavy atom. The van der Waals surface area contributed by atoms with Gasteiger partial charge in [-0.2, -0.15) is 0 Å². The highest BCUT2D eigenvalue weighted by Crippen LogP contribution is 2.27. The first-order chi connectivity index (χ1) is 9.93. The number of pyridine rings is 1. The van der Waals surface area contributed by atoms with Crippen LogP contribution in [0.1, 0.15) is 19.3 Å². The minimum atomic E-state index is 0.982. The summed E-state index contributed by atoms with van der Waals surface area (Å²) in [6.07, 6.45) is 5.93. The van der Waals surface area contributed by atoms with Gasteiger partial charge in [0.05, 0.1) is 23.2 Å². The zero-order chi connectivity index (χ0) is 13.4. The largest absolute Gasteiger partial charge is 0.325 e. The Morgan fingerprint density at radius 1 is 0.900 bits per heavy atom. The van der Waals surface area contributed by atoms with E-state index in [-0.39, 0.29) is 0 Å². The van der Waals surface area contributed by atoms with E-state index in [4.69, 9.17) is 0 Å². The Bertz CT molecular complexity index is 685. The van der Waals surface area contributed by atoms with E-state index in [0.717, 1.165) is 12.2 Å². The summed E-state index contributed by atoms with van der Waals surface area (Å²) in [5.74, 6) is 0. The molecule has 0 N–H and O–H groups in total. The first-order valence-corrected chi connectivity index (χ1v) is 7.48. The number of benzene rings is 1. The highest BCUT2D eigenvalue weighted by atomic mass is 15.2. The highest BCUT2D eigenvalue weighted by molar-refractivity contribution is 6.05. The summed E-state index contributed by atoms with van der Waals surface area (Å²) in [6.45, 7) is 3.41. The third-order valence-electron chi connectivity index (χ3n) is 4.32.